The largest absolute Gasteiger partial charge is 0.493 e. The van der Waals surface area contributed by atoms with Gasteiger partial charge in [-0.1, -0.05) is 0 Å². The predicted molar refractivity (Wildman–Crippen MR) is 99.5 cm³/mol. The van der Waals surface area contributed by atoms with Crippen LogP contribution in [0.15, 0.2) is 18.5 Å². The second kappa shape index (κ2) is 8.77. The van der Waals surface area contributed by atoms with E-state index in [2.05, 4.69) is 14.9 Å². The van der Waals surface area contributed by atoms with E-state index in [0.29, 0.717) is 24.0 Å². The molecule has 0 atom stereocenters. The molecule has 2 aromatic rings. The highest BCUT2D eigenvalue weighted by molar-refractivity contribution is 7.39. The minimum atomic E-state index is -2.25. The summed E-state index contributed by atoms with van der Waals surface area (Å²) in [6, 6.07) is 3.79. The summed E-state index contributed by atoms with van der Waals surface area (Å²) in [5.74, 6) is 2.73. The summed E-state index contributed by atoms with van der Waals surface area (Å²) in [6.07, 6.45) is 4.44. The molecule has 0 radical (unpaired) electrons. The molecule has 2 N–H and O–H groups in total. The quantitative estimate of drug-likeness (QED) is 0.706. The fraction of sp³-hybridized carbons (Fsp3) is 0.529. The minimum Gasteiger partial charge on any atom is -0.493 e. The van der Waals surface area contributed by atoms with Gasteiger partial charge in [-0.05, 0) is 31.2 Å². The van der Waals surface area contributed by atoms with E-state index >= 15 is 0 Å². The number of ether oxygens (including phenoxy) is 2. The molecule has 0 amide bonds. The van der Waals surface area contributed by atoms with E-state index < -0.39 is 8.60 Å². The third-order valence-corrected chi connectivity index (χ3v) is 5.18. The van der Waals surface area contributed by atoms with Crippen molar-refractivity contribution in [3.63, 3.8) is 0 Å². The van der Waals surface area contributed by atoms with Crippen LogP contribution < -0.4 is 14.4 Å². The van der Waals surface area contributed by atoms with Gasteiger partial charge in [0.15, 0.2) is 11.5 Å². The summed E-state index contributed by atoms with van der Waals surface area (Å²) in [4.78, 5) is 28.7. The first-order valence-corrected chi connectivity index (χ1v) is 9.71. The Morgan fingerprint density at radius 1 is 1.12 bits per heavy atom. The Balaban J connectivity index is 1.73. The van der Waals surface area contributed by atoms with Gasteiger partial charge >= 0.3 is 8.60 Å². The summed E-state index contributed by atoms with van der Waals surface area (Å²) >= 11 is 0. The number of benzene rings is 1. The molecule has 1 aliphatic rings. The van der Waals surface area contributed by atoms with Crippen molar-refractivity contribution in [2.75, 3.05) is 38.8 Å². The summed E-state index contributed by atoms with van der Waals surface area (Å²) in [5.41, 5.74) is 0.822. The van der Waals surface area contributed by atoms with Gasteiger partial charge in [-0.2, -0.15) is 0 Å². The molecule has 3 rings (SSSR count). The Kier molecular flexibility index (Phi) is 6.43. The number of hydrogen-bond donors (Lipinski definition) is 2. The summed E-state index contributed by atoms with van der Waals surface area (Å²) in [7, 11) is 0.974. The van der Waals surface area contributed by atoms with E-state index in [4.69, 9.17) is 23.8 Å². The standard InChI is InChI=1S/C17H24N3O5P/c1-23-15-9-13-14(10-16(15)24-2)18-11-19-17(13)20-6-3-12(4-7-20)5-8-25-26(21)22/h9-12,21-22H,3-8H2,1-2H3. The maximum atomic E-state index is 8.81. The fourth-order valence-corrected chi connectivity index (χ4v) is 3.62. The summed E-state index contributed by atoms with van der Waals surface area (Å²) in [5, 5.41) is 0.943. The van der Waals surface area contributed by atoms with Crippen LogP contribution in [0.4, 0.5) is 5.82 Å². The van der Waals surface area contributed by atoms with Crippen LogP contribution in [-0.4, -0.2) is 53.7 Å². The van der Waals surface area contributed by atoms with Crippen molar-refractivity contribution in [3.05, 3.63) is 18.5 Å². The second-order valence-electron chi connectivity index (χ2n) is 6.23. The van der Waals surface area contributed by atoms with Gasteiger partial charge in [0.2, 0.25) is 0 Å². The van der Waals surface area contributed by atoms with Gasteiger partial charge in [0.25, 0.3) is 0 Å². The molecule has 1 aromatic heterocycles. The zero-order valence-corrected chi connectivity index (χ0v) is 15.9. The van der Waals surface area contributed by atoms with Crippen LogP contribution in [-0.2, 0) is 4.52 Å². The second-order valence-corrected chi connectivity index (χ2v) is 6.99. The van der Waals surface area contributed by atoms with Crippen molar-refractivity contribution < 1.29 is 23.8 Å². The molecule has 0 aliphatic carbocycles. The molecule has 1 aromatic carbocycles. The molecule has 0 unspecified atom stereocenters. The topological polar surface area (TPSA) is 97.2 Å². The first-order chi connectivity index (χ1) is 12.6. The fourth-order valence-electron chi connectivity index (χ4n) is 3.36. The van der Waals surface area contributed by atoms with Crippen molar-refractivity contribution in [1.82, 2.24) is 9.97 Å². The van der Waals surface area contributed by atoms with Crippen LogP contribution in [0.5, 0.6) is 11.5 Å². The third kappa shape index (κ3) is 4.32. The van der Waals surface area contributed by atoms with E-state index in [-0.39, 0.29) is 0 Å². The van der Waals surface area contributed by atoms with Gasteiger partial charge in [0.05, 0.1) is 26.3 Å². The molecule has 1 fully saturated rings. The lowest BCUT2D eigenvalue weighted by Crippen LogP contribution is -2.34. The van der Waals surface area contributed by atoms with Crippen molar-refractivity contribution in [2.24, 2.45) is 5.92 Å². The van der Waals surface area contributed by atoms with E-state index in [1.165, 1.54) is 0 Å². The van der Waals surface area contributed by atoms with Crippen LogP contribution >= 0.6 is 8.60 Å². The highest BCUT2D eigenvalue weighted by Crippen LogP contribution is 2.36. The van der Waals surface area contributed by atoms with Gasteiger partial charge in [-0.3, -0.25) is 0 Å². The molecule has 26 heavy (non-hydrogen) atoms. The lowest BCUT2D eigenvalue weighted by molar-refractivity contribution is 0.223. The maximum absolute atomic E-state index is 8.81. The summed E-state index contributed by atoms with van der Waals surface area (Å²) < 4.78 is 15.6. The Morgan fingerprint density at radius 2 is 1.81 bits per heavy atom. The Hall–Kier alpha value is -1.73. The molecule has 0 spiro atoms. The lowest BCUT2D eigenvalue weighted by atomic mass is 9.94. The molecule has 1 aliphatic heterocycles. The number of fused-ring (bicyclic) bond motifs is 1. The molecule has 0 bridgehead atoms. The first kappa shape index (κ1) is 19.0. The molecule has 8 nitrogen and oxygen atoms in total. The van der Waals surface area contributed by atoms with Crippen LogP contribution in [0, 0.1) is 5.92 Å². The van der Waals surface area contributed by atoms with Crippen molar-refractivity contribution >= 4 is 25.3 Å². The highest BCUT2D eigenvalue weighted by atomic mass is 31.2. The number of hydrogen-bond acceptors (Lipinski definition) is 8. The van der Waals surface area contributed by atoms with E-state index in [9.17, 15) is 0 Å². The zero-order chi connectivity index (χ0) is 18.5. The number of nitrogens with zero attached hydrogens (tertiary/aromatic N) is 3. The van der Waals surface area contributed by atoms with E-state index in [1.807, 2.05) is 12.1 Å². The van der Waals surface area contributed by atoms with E-state index in [1.54, 1.807) is 20.5 Å². The molecule has 1 saturated heterocycles. The Bertz CT molecular complexity index is 738. The van der Waals surface area contributed by atoms with Crippen LogP contribution in [0.1, 0.15) is 19.3 Å². The molecule has 9 heteroatoms. The molecule has 0 saturated carbocycles. The van der Waals surface area contributed by atoms with Crippen molar-refractivity contribution in [1.29, 1.82) is 0 Å². The average molecular weight is 381 g/mol. The zero-order valence-electron chi connectivity index (χ0n) is 15.0. The SMILES string of the molecule is COc1cc2ncnc(N3CCC(CCOP(O)O)CC3)c2cc1OC. The lowest BCUT2D eigenvalue weighted by Gasteiger charge is -2.33. The maximum Gasteiger partial charge on any atom is 0.327 e. The molecular formula is C17H24N3O5P. The minimum absolute atomic E-state index is 0.386. The van der Waals surface area contributed by atoms with Crippen molar-refractivity contribution in [2.45, 2.75) is 19.3 Å². The highest BCUT2D eigenvalue weighted by Gasteiger charge is 2.22. The van der Waals surface area contributed by atoms with Gasteiger partial charge < -0.3 is 28.7 Å². The van der Waals surface area contributed by atoms with Crippen molar-refractivity contribution in [3.8, 4) is 11.5 Å². The number of rotatable bonds is 7. The van der Waals surface area contributed by atoms with Gasteiger partial charge in [-0.25, -0.2) is 9.97 Å². The smallest absolute Gasteiger partial charge is 0.327 e. The van der Waals surface area contributed by atoms with Crippen LogP contribution in [0.3, 0.4) is 0 Å². The van der Waals surface area contributed by atoms with Crippen LogP contribution in [0.2, 0.25) is 0 Å². The predicted octanol–water partition coefficient (Wildman–Crippen LogP) is 2.48. The van der Waals surface area contributed by atoms with Gasteiger partial charge in [0.1, 0.15) is 12.1 Å². The average Bonchev–Trinajstić information content (AvgIpc) is 2.66. The third-order valence-electron chi connectivity index (χ3n) is 4.77. The molecule has 142 valence electrons. The van der Waals surface area contributed by atoms with Gasteiger partial charge in [0, 0.05) is 24.5 Å². The molecular weight excluding hydrogens is 357 g/mol. The Labute approximate surface area is 153 Å². The monoisotopic (exact) mass is 381 g/mol. The number of aromatic nitrogens is 2. The van der Waals surface area contributed by atoms with Gasteiger partial charge in [-0.15, -0.1) is 0 Å². The summed E-state index contributed by atoms with van der Waals surface area (Å²) in [6.45, 7) is 2.16. The number of anilines is 1. The Morgan fingerprint density at radius 3 is 2.46 bits per heavy atom. The van der Waals surface area contributed by atoms with E-state index in [0.717, 1.165) is 49.1 Å². The number of piperidine rings is 1. The molecule has 2 heterocycles. The normalized spacial score (nSPS) is 15.7. The number of methoxy groups -OCH3 is 2. The first-order valence-electron chi connectivity index (χ1n) is 8.55. The van der Waals surface area contributed by atoms with Crippen LogP contribution in [0.25, 0.3) is 10.9 Å².